The SMILES string of the molecule is O=C(O)CNC(=O)CNC(=O)c1cc(Cl)sc1Cl. The minimum Gasteiger partial charge on any atom is -0.480 e. The summed E-state index contributed by atoms with van der Waals surface area (Å²) in [6.45, 7) is -0.838. The van der Waals surface area contributed by atoms with Crippen LogP contribution >= 0.6 is 34.5 Å². The number of rotatable bonds is 5. The molecule has 0 saturated heterocycles. The van der Waals surface area contributed by atoms with E-state index in [1.807, 2.05) is 0 Å². The van der Waals surface area contributed by atoms with Crippen molar-refractivity contribution in [2.75, 3.05) is 13.1 Å². The van der Waals surface area contributed by atoms with Gasteiger partial charge in [0.15, 0.2) is 0 Å². The topological polar surface area (TPSA) is 95.5 Å². The van der Waals surface area contributed by atoms with Gasteiger partial charge in [0, 0.05) is 0 Å². The number of aliphatic carboxylic acids is 1. The van der Waals surface area contributed by atoms with Crippen molar-refractivity contribution in [2.45, 2.75) is 0 Å². The fourth-order valence-corrected chi connectivity index (χ4v) is 2.45. The van der Waals surface area contributed by atoms with Crippen LogP contribution in [0.1, 0.15) is 10.4 Å². The third-order valence-electron chi connectivity index (χ3n) is 1.75. The Morgan fingerprint density at radius 3 is 2.39 bits per heavy atom. The van der Waals surface area contributed by atoms with Crippen molar-refractivity contribution in [2.24, 2.45) is 0 Å². The van der Waals surface area contributed by atoms with E-state index in [2.05, 4.69) is 10.6 Å². The third-order valence-corrected chi connectivity index (χ3v) is 3.24. The zero-order chi connectivity index (χ0) is 13.7. The maximum Gasteiger partial charge on any atom is 0.322 e. The zero-order valence-corrected chi connectivity index (χ0v) is 11.2. The molecular weight excluding hydrogens is 303 g/mol. The van der Waals surface area contributed by atoms with Crippen molar-refractivity contribution in [1.82, 2.24) is 10.6 Å². The summed E-state index contributed by atoms with van der Waals surface area (Å²) in [6, 6.07) is 1.39. The van der Waals surface area contributed by atoms with Gasteiger partial charge in [-0.1, -0.05) is 23.2 Å². The fraction of sp³-hybridized carbons (Fsp3) is 0.222. The molecule has 0 fully saturated rings. The molecule has 18 heavy (non-hydrogen) atoms. The van der Waals surface area contributed by atoms with Crippen LogP contribution in [0, 0.1) is 0 Å². The number of carbonyl (C=O) groups is 3. The summed E-state index contributed by atoms with van der Waals surface area (Å²) >= 11 is 12.5. The first-order valence-electron chi connectivity index (χ1n) is 4.61. The third kappa shape index (κ3) is 4.52. The minimum atomic E-state index is -1.16. The second-order valence-electron chi connectivity index (χ2n) is 3.09. The highest BCUT2D eigenvalue weighted by Gasteiger charge is 2.15. The predicted octanol–water partition coefficient (Wildman–Crippen LogP) is 0.986. The van der Waals surface area contributed by atoms with E-state index in [4.69, 9.17) is 28.3 Å². The van der Waals surface area contributed by atoms with Crippen LogP contribution in [0.15, 0.2) is 6.07 Å². The summed E-state index contributed by atoms with van der Waals surface area (Å²) in [4.78, 5) is 32.9. The second-order valence-corrected chi connectivity index (χ2v) is 5.38. The zero-order valence-electron chi connectivity index (χ0n) is 8.83. The highest BCUT2D eigenvalue weighted by molar-refractivity contribution is 7.20. The monoisotopic (exact) mass is 310 g/mol. The Balaban J connectivity index is 2.44. The van der Waals surface area contributed by atoms with E-state index in [-0.39, 0.29) is 16.4 Å². The Morgan fingerprint density at radius 1 is 1.22 bits per heavy atom. The molecule has 0 aliphatic carbocycles. The van der Waals surface area contributed by atoms with Gasteiger partial charge < -0.3 is 15.7 Å². The molecule has 0 aromatic carbocycles. The molecule has 2 amide bonds. The average Bonchev–Trinajstić information content (AvgIpc) is 2.62. The Labute approximate surface area is 116 Å². The first-order chi connectivity index (χ1) is 8.40. The molecule has 0 spiro atoms. The van der Waals surface area contributed by atoms with Gasteiger partial charge in [0.1, 0.15) is 10.9 Å². The van der Waals surface area contributed by atoms with E-state index >= 15 is 0 Å². The molecule has 0 aliphatic heterocycles. The van der Waals surface area contributed by atoms with E-state index in [1.54, 1.807) is 0 Å². The van der Waals surface area contributed by atoms with Crippen molar-refractivity contribution >= 4 is 52.3 Å². The van der Waals surface area contributed by atoms with E-state index in [9.17, 15) is 14.4 Å². The van der Waals surface area contributed by atoms with Crippen LogP contribution < -0.4 is 10.6 Å². The Bertz CT molecular complexity index is 489. The lowest BCUT2D eigenvalue weighted by molar-refractivity contribution is -0.137. The lowest BCUT2D eigenvalue weighted by Gasteiger charge is -2.04. The van der Waals surface area contributed by atoms with Gasteiger partial charge in [-0.15, -0.1) is 11.3 Å². The smallest absolute Gasteiger partial charge is 0.322 e. The van der Waals surface area contributed by atoms with Crippen molar-refractivity contribution in [3.05, 3.63) is 20.3 Å². The van der Waals surface area contributed by atoms with Gasteiger partial charge in [0.05, 0.1) is 16.4 Å². The maximum atomic E-state index is 11.6. The molecule has 0 unspecified atom stereocenters. The van der Waals surface area contributed by atoms with Crippen LogP contribution in [0.2, 0.25) is 8.67 Å². The Hall–Kier alpha value is -1.31. The van der Waals surface area contributed by atoms with E-state index in [0.29, 0.717) is 4.34 Å². The molecule has 0 radical (unpaired) electrons. The van der Waals surface area contributed by atoms with Gasteiger partial charge in [-0.3, -0.25) is 14.4 Å². The maximum absolute atomic E-state index is 11.6. The van der Waals surface area contributed by atoms with Gasteiger partial charge in [-0.25, -0.2) is 0 Å². The molecule has 6 nitrogen and oxygen atoms in total. The Kier molecular flexibility index (Phi) is 5.39. The van der Waals surface area contributed by atoms with Gasteiger partial charge in [0.2, 0.25) is 5.91 Å². The summed E-state index contributed by atoms with van der Waals surface area (Å²) in [5, 5.41) is 12.7. The van der Waals surface area contributed by atoms with E-state index < -0.39 is 24.3 Å². The molecular formula is C9H8Cl2N2O4S. The quantitative estimate of drug-likeness (QED) is 0.755. The summed E-state index contributed by atoms with van der Waals surface area (Å²) in [5.41, 5.74) is 0.178. The number of amides is 2. The molecule has 0 aliphatic rings. The molecule has 1 aromatic rings. The van der Waals surface area contributed by atoms with Gasteiger partial charge in [0.25, 0.3) is 5.91 Å². The van der Waals surface area contributed by atoms with Gasteiger partial charge in [-0.05, 0) is 6.07 Å². The number of thiophene rings is 1. The molecule has 0 saturated carbocycles. The molecule has 1 heterocycles. The van der Waals surface area contributed by atoms with E-state index in [1.165, 1.54) is 6.07 Å². The van der Waals surface area contributed by atoms with Crippen LogP contribution in [-0.4, -0.2) is 36.0 Å². The summed E-state index contributed by atoms with van der Waals surface area (Å²) in [6.07, 6.45) is 0. The van der Waals surface area contributed by atoms with Crippen molar-refractivity contribution in [3.63, 3.8) is 0 Å². The van der Waals surface area contributed by atoms with Crippen LogP contribution in [0.4, 0.5) is 0 Å². The molecule has 9 heteroatoms. The first-order valence-corrected chi connectivity index (χ1v) is 6.19. The summed E-state index contributed by atoms with van der Waals surface area (Å²) in [5.74, 6) is -2.32. The number of nitrogens with one attached hydrogen (secondary N) is 2. The molecule has 0 atom stereocenters. The fourth-order valence-electron chi connectivity index (χ4n) is 0.988. The predicted molar refractivity (Wildman–Crippen MR) is 67.3 cm³/mol. The van der Waals surface area contributed by atoms with Crippen LogP contribution in [-0.2, 0) is 9.59 Å². The van der Waals surface area contributed by atoms with Gasteiger partial charge in [-0.2, -0.15) is 0 Å². The number of carbonyl (C=O) groups excluding carboxylic acids is 2. The number of hydrogen-bond donors (Lipinski definition) is 3. The molecule has 3 N–H and O–H groups in total. The molecule has 1 aromatic heterocycles. The van der Waals surface area contributed by atoms with Crippen molar-refractivity contribution < 1.29 is 19.5 Å². The lowest BCUT2D eigenvalue weighted by Crippen LogP contribution is -2.38. The standard InChI is InChI=1S/C9H8Cl2N2O4S/c10-5-1-4(8(11)18-5)9(17)13-2-6(14)12-3-7(15)16/h1H,2-3H2,(H,12,14)(H,13,17)(H,15,16). The number of carboxylic acids is 1. The normalized spacial score (nSPS) is 9.89. The van der Waals surface area contributed by atoms with E-state index in [0.717, 1.165) is 11.3 Å². The number of halogens is 2. The highest BCUT2D eigenvalue weighted by Crippen LogP contribution is 2.30. The Morgan fingerprint density at radius 2 is 1.89 bits per heavy atom. The first kappa shape index (κ1) is 14.7. The van der Waals surface area contributed by atoms with Crippen LogP contribution in [0.3, 0.4) is 0 Å². The highest BCUT2D eigenvalue weighted by atomic mass is 35.5. The second kappa shape index (κ2) is 6.58. The van der Waals surface area contributed by atoms with Gasteiger partial charge >= 0.3 is 5.97 Å². The average molecular weight is 311 g/mol. The summed E-state index contributed by atoms with van der Waals surface area (Å²) < 4.78 is 0.587. The minimum absolute atomic E-state index is 0.178. The van der Waals surface area contributed by atoms with Crippen LogP contribution in [0.25, 0.3) is 0 Å². The summed E-state index contributed by atoms with van der Waals surface area (Å²) in [7, 11) is 0. The van der Waals surface area contributed by atoms with Crippen molar-refractivity contribution in [3.8, 4) is 0 Å². The number of carboxylic acid groups (broad SMARTS) is 1. The lowest BCUT2D eigenvalue weighted by atomic mass is 10.3. The van der Waals surface area contributed by atoms with Crippen LogP contribution in [0.5, 0.6) is 0 Å². The van der Waals surface area contributed by atoms with Crippen molar-refractivity contribution in [1.29, 1.82) is 0 Å². The number of hydrogen-bond acceptors (Lipinski definition) is 4. The molecule has 1 rings (SSSR count). The largest absolute Gasteiger partial charge is 0.480 e. The molecule has 98 valence electrons. The molecule has 0 bridgehead atoms.